The number of nitrogens with one attached hydrogen (secondary N) is 2. The van der Waals surface area contributed by atoms with Gasteiger partial charge in [0.05, 0.1) is 0 Å². The number of hydrogen-bond acceptors (Lipinski definition) is 2. The summed E-state index contributed by atoms with van der Waals surface area (Å²) < 4.78 is 0. The zero-order chi connectivity index (χ0) is 10.4. The van der Waals surface area contributed by atoms with Crippen LogP contribution in [0.4, 0.5) is 4.79 Å². The molecule has 1 fully saturated rings. The molecule has 0 unspecified atom stereocenters. The van der Waals surface area contributed by atoms with Crippen LogP contribution in [0.1, 0.15) is 32.1 Å². The molecule has 0 aromatic rings. The minimum Gasteiger partial charge on any atom is -0.370 e. The molecule has 0 atom stereocenters. The first-order valence-electron chi connectivity index (χ1n) is 5.01. The van der Waals surface area contributed by atoms with Gasteiger partial charge in [0.1, 0.15) is 0 Å². The van der Waals surface area contributed by atoms with Crippen molar-refractivity contribution in [3.8, 4) is 0 Å². The SMILES string of the molecule is NC(=O)CCNC(=O)NC1CCCC1. The second-order valence-corrected chi connectivity index (χ2v) is 3.60. The summed E-state index contributed by atoms with van der Waals surface area (Å²) in [5.74, 6) is -0.397. The van der Waals surface area contributed by atoms with E-state index >= 15 is 0 Å². The highest BCUT2D eigenvalue weighted by Gasteiger charge is 2.16. The number of nitrogens with two attached hydrogens (primary N) is 1. The van der Waals surface area contributed by atoms with E-state index in [1.165, 1.54) is 12.8 Å². The summed E-state index contributed by atoms with van der Waals surface area (Å²) in [6.45, 7) is 0.313. The number of carbonyl (C=O) groups is 2. The molecule has 0 aromatic carbocycles. The lowest BCUT2D eigenvalue weighted by Crippen LogP contribution is -2.41. The molecule has 1 aliphatic rings. The van der Waals surface area contributed by atoms with Gasteiger partial charge in [-0.3, -0.25) is 4.79 Å². The van der Waals surface area contributed by atoms with E-state index < -0.39 is 5.91 Å². The number of rotatable bonds is 4. The van der Waals surface area contributed by atoms with Crippen LogP contribution in [0.3, 0.4) is 0 Å². The van der Waals surface area contributed by atoms with Crippen molar-refractivity contribution in [1.29, 1.82) is 0 Å². The number of hydrogen-bond donors (Lipinski definition) is 3. The molecule has 1 saturated carbocycles. The predicted octanol–water partition coefficient (Wildman–Crippen LogP) is 0.104. The van der Waals surface area contributed by atoms with Crippen molar-refractivity contribution in [3.05, 3.63) is 0 Å². The van der Waals surface area contributed by atoms with Gasteiger partial charge in [-0.1, -0.05) is 12.8 Å². The second-order valence-electron chi connectivity index (χ2n) is 3.60. The van der Waals surface area contributed by atoms with Gasteiger partial charge in [-0.05, 0) is 12.8 Å². The molecule has 0 radical (unpaired) electrons. The molecule has 5 nitrogen and oxygen atoms in total. The largest absolute Gasteiger partial charge is 0.370 e. The van der Waals surface area contributed by atoms with Crippen molar-refractivity contribution in [3.63, 3.8) is 0 Å². The van der Waals surface area contributed by atoms with Crippen LogP contribution >= 0.6 is 0 Å². The smallest absolute Gasteiger partial charge is 0.315 e. The van der Waals surface area contributed by atoms with Crippen molar-refractivity contribution in [1.82, 2.24) is 10.6 Å². The van der Waals surface area contributed by atoms with E-state index in [2.05, 4.69) is 10.6 Å². The Morgan fingerprint density at radius 1 is 1.29 bits per heavy atom. The zero-order valence-corrected chi connectivity index (χ0v) is 8.21. The van der Waals surface area contributed by atoms with Gasteiger partial charge < -0.3 is 16.4 Å². The summed E-state index contributed by atoms with van der Waals surface area (Å²) in [5.41, 5.74) is 4.93. The zero-order valence-electron chi connectivity index (χ0n) is 8.21. The van der Waals surface area contributed by atoms with Crippen molar-refractivity contribution >= 4 is 11.9 Å². The fraction of sp³-hybridized carbons (Fsp3) is 0.778. The molecule has 0 aliphatic heterocycles. The third kappa shape index (κ3) is 4.11. The molecule has 80 valence electrons. The number of primary amides is 1. The van der Waals surface area contributed by atoms with Crippen molar-refractivity contribution in [2.45, 2.75) is 38.1 Å². The highest BCUT2D eigenvalue weighted by Crippen LogP contribution is 2.17. The monoisotopic (exact) mass is 199 g/mol. The van der Waals surface area contributed by atoms with Crippen LogP contribution in [0.15, 0.2) is 0 Å². The average molecular weight is 199 g/mol. The first kappa shape index (κ1) is 10.8. The molecule has 3 amide bonds. The van der Waals surface area contributed by atoms with E-state index in [1.54, 1.807) is 0 Å². The maximum Gasteiger partial charge on any atom is 0.315 e. The fourth-order valence-electron chi connectivity index (χ4n) is 1.61. The molecule has 0 bridgehead atoms. The first-order valence-corrected chi connectivity index (χ1v) is 5.01. The molecule has 0 saturated heterocycles. The van der Waals surface area contributed by atoms with Crippen LogP contribution in [0.2, 0.25) is 0 Å². The Morgan fingerprint density at radius 3 is 2.50 bits per heavy atom. The minimum atomic E-state index is -0.397. The third-order valence-corrected chi connectivity index (χ3v) is 2.35. The van der Waals surface area contributed by atoms with Crippen molar-refractivity contribution < 1.29 is 9.59 Å². The maximum absolute atomic E-state index is 11.2. The summed E-state index contributed by atoms with van der Waals surface area (Å²) in [4.78, 5) is 21.6. The summed E-state index contributed by atoms with van der Waals surface area (Å²) >= 11 is 0. The molecule has 1 rings (SSSR count). The lowest BCUT2D eigenvalue weighted by atomic mass is 10.2. The standard InChI is InChI=1S/C9H17N3O2/c10-8(13)5-6-11-9(14)12-7-3-1-2-4-7/h7H,1-6H2,(H2,10,13)(H2,11,12,14). The highest BCUT2D eigenvalue weighted by molar-refractivity contribution is 5.77. The van der Waals surface area contributed by atoms with Crippen molar-refractivity contribution in [2.75, 3.05) is 6.54 Å². The lowest BCUT2D eigenvalue weighted by molar-refractivity contribution is -0.117. The topological polar surface area (TPSA) is 84.2 Å². The van der Waals surface area contributed by atoms with Gasteiger partial charge in [-0.2, -0.15) is 0 Å². The molecule has 1 aliphatic carbocycles. The van der Waals surface area contributed by atoms with E-state index in [-0.39, 0.29) is 12.5 Å². The molecule has 5 heteroatoms. The Hall–Kier alpha value is -1.26. The van der Waals surface area contributed by atoms with E-state index in [9.17, 15) is 9.59 Å². The van der Waals surface area contributed by atoms with Crippen LogP contribution in [0.5, 0.6) is 0 Å². The second kappa shape index (κ2) is 5.47. The summed E-state index contributed by atoms with van der Waals surface area (Å²) in [6.07, 6.45) is 4.68. The minimum absolute atomic E-state index is 0.193. The molecule has 14 heavy (non-hydrogen) atoms. The molecule has 0 aromatic heterocycles. The fourth-order valence-corrected chi connectivity index (χ4v) is 1.61. The van der Waals surface area contributed by atoms with E-state index in [1.807, 2.05) is 0 Å². The molecule has 0 heterocycles. The number of carbonyl (C=O) groups excluding carboxylic acids is 2. The quantitative estimate of drug-likeness (QED) is 0.600. The summed E-state index contributed by atoms with van der Waals surface area (Å²) in [7, 11) is 0. The Morgan fingerprint density at radius 2 is 1.93 bits per heavy atom. The van der Waals surface area contributed by atoms with Crippen LogP contribution in [-0.2, 0) is 4.79 Å². The van der Waals surface area contributed by atoms with Gasteiger partial charge in [0.2, 0.25) is 5.91 Å². The normalized spacial score (nSPS) is 16.6. The van der Waals surface area contributed by atoms with Gasteiger partial charge >= 0.3 is 6.03 Å². The van der Waals surface area contributed by atoms with E-state index in [4.69, 9.17) is 5.73 Å². The molecule has 0 spiro atoms. The highest BCUT2D eigenvalue weighted by atomic mass is 16.2. The number of amides is 3. The van der Waals surface area contributed by atoms with Crippen LogP contribution in [0.25, 0.3) is 0 Å². The predicted molar refractivity (Wildman–Crippen MR) is 52.6 cm³/mol. The van der Waals surface area contributed by atoms with Crippen LogP contribution < -0.4 is 16.4 Å². The third-order valence-electron chi connectivity index (χ3n) is 2.35. The Balaban J connectivity index is 2.06. The first-order chi connectivity index (χ1) is 6.68. The van der Waals surface area contributed by atoms with E-state index in [0.717, 1.165) is 12.8 Å². The Labute approximate surface area is 83.4 Å². The molecule has 4 N–H and O–H groups in total. The number of urea groups is 1. The average Bonchev–Trinajstić information content (AvgIpc) is 2.56. The Kier molecular flexibility index (Phi) is 4.22. The maximum atomic E-state index is 11.2. The Bertz CT molecular complexity index is 212. The van der Waals surface area contributed by atoms with Crippen LogP contribution in [0, 0.1) is 0 Å². The summed E-state index contributed by atoms with van der Waals surface area (Å²) in [6, 6.07) is 0.113. The van der Waals surface area contributed by atoms with Gasteiger partial charge in [0.15, 0.2) is 0 Å². The summed E-state index contributed by atoms with van der Waals surface area (Å²) in [5, 5.41) is 5.44. The van der Waals surface area contributed by atoms with Crippen molar-refractivity contribution in [2.24, 2.45) is 5.73 Å². The van der Waals surface area contributed by atoms with Gasteiger partial charge in [0.25, 0.3) is 0 Å². The van der Waals surface area contributed by atoms with Gasteiger partial charge in [-0.25, -0.2) is 4.79 Å². The van der Waals surface area contributed by atoms with Gasteiger partial charge in [0, 0.05) is 19.0 Å². The van der Waals surface area contributed by atoms with E-state index in [0.29, 0.717) is 12.6 Å². The molecular formula is C9H17N3O2. The lowest BCUT2D eigenvalue weighted by Gasteiger charge is -2.12. The molecular weight excluding hydrogens is 182 g/mol. The van der Waals surface area contributed by atoms with Crippen LogP contribution in [-0.4, -0.2) is 24.5 Å². The van der Waals surface area contributed by atoms with Gasteiger partial charge in [-0.15, -0.1) is 0 Å².